The molecule has 1 rings (SSSR count). The molecule has 14 heavy (non-hydrogen) atoms. The SMILES string of the molecule is CN(C)S(=O)(=O)N1CCOCC1CBr. The van der Waals surface area contributed by atoms with Crippen LogP contribution in [0, 0.1) is 0 Å². The molecule has 84 valence electrons. The molecule has 0 saturated carbocycles. The lowest BCUT2D eigenvalue weighted by Gasteiger charge is -2.34. The summed E-state index contributed by atoms with van der Waals surface area (Å²) in [5.41, 5.74) is 0. The van der Waals surface area contributed by atoms with E-state index in [0.29, 0.717) is 25.1 Å². The summed E-state index contributed by atoms with van der Waals surface area (Å²) < 4.78 is 31.6. The minimum atomic E-state index is -3.30. The summed E-state index contributed by atoms with van der Waals surface area (Å²) in [7, 11) is -0.229. The second kappa shape index (κ2) is 4.89. The fourth-order valence-corrected chi connectivity index (χ4v) is 3.24. The maximum absolute atomic E-state index is 11.8. The minimum absolute atomic E-state index is 0.101. The van der Waals surface area contributed by atoms with Crippen molar-refractivity contribution in [3.05, 3.63) is 0 Å². The normalized spacial score (nSPS) is 25.6. The van der Waals surface area contributed by atoms with Crippen LogP contribution in [0.5, 0.6) is 0 Å². The summed E-state index contributed by atoms with van der Waals surface area (Å²) in [6.07, 6.45) is 0. The lowest BCUT2D eigenvalue weighted by atomic mass is 10.3. The number of halogens is 1. The second-order valence-electron chi connectivity index (χ2n) is 3.28. The third kappa shape index (κ3) is 2.46. The molecular weight excluding hydrogens is 272 g/mol. The highest BCUT2D eigenvalue weighted by molar-refractivity contribution is 9.09. The number of nitrogens with zero attached hydrogens (tertiary/aromatic N) is 2. The monoisotopic (exact) mass is 286 g/mol. The summed E-state index contributed by atoms with van der Waals surface area (Å²) >= 11 is 3.29. The van der Waals surface area contributed by atoms with E-state index in [-0.39, 0.29) is 6.04 Å². The average Bonchev–Trinajstić information content (AvgIpc) is 2.17. The number of morpholine rings is 1. The maximum atomic E-state index is 11.8. The van der Waals surface area contributed by atoms with E-state index in [0.717, 1.165) is 0 Å². The molecule has 1 unspecified atom stereocenters. The van der Waals surface area contributed by atoms with Gasteiger partial charge in [0.25, 0.3) is 10.2 Å². The van der Waals surface area contributed by atoms with Crippen LogP contribution in [0.3, 0.4) is 0 Å². The third-order valence-electron chi connectivity index (χ3n) is 2.11. The van der Waals surface area contributed by atoms with E-state index in [2.05, 4.69) is 15.9 Å². The lowest BCUT2D eigenvalue weighted by Crippen LogP contribution is -2.53. The van der Waals surface area contributed by atoms with Crippen LogP contribution in [0.1, 0.15) is 0 Å². The lowest BCUT2D eigenvalue weighted by molar-refractivity contribution is 0.0392. The molecular formula is C7H15BrN2O3S. The molecule has 1 heterocycles. The third-order valence-corrected chi connectivity index (χ3v) is 4.85. The Morgan fingerprint density at radius 1 is 1.57 bits per heavy atom. The van der Waals surface area contributed by atoms with E-state index in [1.807, 2.05) is 0 Å². The Balaban J connectivity index is 2.83. The van der Waals surface area contributed by atoms with Crippen molar-refractivity contribution in [2.24, 2.45) is 0 Å². The van der Waals surface area contributed by atoms with Crippen molar-refractivity contribution >= 4 is 26.1 Å². The molecule has 1 atom stereocenters. The fraction of sp³-hybridized carbons (Fsp3) is 1.00. The van der Waals surface area contributed by atoms with Gasteiger partial charge in [0.2, 0.25) is 0 Å². The number of rotatable bonds is 3. The van der Waals surface area contributed by atoms with Gasteiger partial charge in [-0.15, -0.1) is 0 Å². The Kier molecular flexibility index (Phi) is 4.32. The molecule has 0 aromatic heterocycles. The van der Waals surface area contributed by atoms with Crippen LogP contribution in [-0.4, -0.2) is 62.3 Å². The van der Waals surface area contributed by atoms with E-state index < -0.39 is 10.2 Å². The Labute approximate surface area is 93.3 Å². The maximum Gasteiger partial charge on any atom is 0.281 e. The van der Waals surface area contributed by atoms with E-state index in [4.69, 9.17) is 4.74 Å². The summed E-state index contributed by atoms with van der Waals surface area (Å²) in [6, 6.07) is -0.101. The second-order valence-corrected chi connectivity index (χ2v) is 6.03. The first-order chi connectivity index (χ1) is 6.50. The van der Waals surface area contributed by atoms with Crippen molar-refractivity contribution in [2.45, 2.75) is 6.04 Å². The molecule has 0 N–H and O–H groups in total. The zero-order chi connectivity index (χ0) is 10.8. The van der Waals surface area contributed by atoms with Gasteiger partial charge in [0, 0.05) is 26.0 Å². The van der Waals surface area contributed by atoms with E-state index in [1.165, 1.54) is 22.7 Å². The predicted octanol–water partition coefficient (Wildman–Crippen LogP) is -0.111. The molecule has 1 fully saturated rings. The van der Waals surface area contributed by atoms with Gasteiger partial charge in [0.15, 0.2) is 0 Å². The summed E-state index contributed by atoms with van der Waals surface area (Å²) in [4.78, 5) is 0. The van der Waals surface area contributed by atoms with E-state index in [9.17, 15) is 8.42 Å². The van der Waals surface area contributed by atoms with Gasteiger partial charge >= 0.3 is 0 Å². The van der Waals surface area contributed by atoms with Gasteiger partial charge in [-0.2, -0.15) is 17.0 Å². The molecule has 5 nitrogen and oxygen atoms in total. The first-order valence-corrected chi connectivity index (χ1v) is 6.85. The highest BCUT2D eigenvalue weighted by atomic mass is 79.9. The summed E-state index contributed by atoms with van der Waals surface area (Å²) in [6.45, 7) is 1.35. The molecule has 0 aromatic rings. The van der Waals surface area contributed by atoms with Crippen LogP contribution < -0.4 is 0 Å². The van der Waals surface area contributed by atoms with Crippen molar-refractivity contribution in [2.75, 3.05) is 39.2 Å². The van der Waals surface area contributed by atoms with Crippen LogP contribution in [-0.2, 0) is 14.9 Å². The van der Waals surface area contributed by atoms with Gasteiger partial charge < -0.3 is 4.74 Å². The average molecular weight is 287 g/mol. The minimum Gasteiger partial charge on any atom is -0.378 e. The first kappa shape index (κ1) is 12.4. The zero-order valence-corrected chi connectivity index (χ0v) is 10.7. The molecule has 0 spiro atoms. The van der Waals surface area contributed by atoms with Crippen molar-refractivity contribution in [1.82, 2.24) is 8.61 Å². The van der Waals surface area contributed by atoms with Gasteiger partial charge in [0.1, 0.15) is 0 Å². The smallest absolute Gasteiger partial charge is 0.281 e. The van der Waals surface area contributed by atoms with Crippen molar-refractivity contribution in [3.63, 3.8) is 0 Å². The van der Waals surface area contributed by atoms with Gasteiger partial charge in [0.05, 0.1) is 19.3 Å². The quantitative estimate of drug-likeness (QED) is 0.681. The molecule has 0 bridgehead atoms. The highest BCUT2D eigenvalue weighted by Crippen LogP contribution is 2.15. The van der Waals surface area contributed by atoms with Crippen molar-refractivity contribution in [3.8, 4) is 0 Å². The Bertz CT molecular complexity index is 281. The van der Waals surface area contributed by atoms with Gasteiger partial charge in [-0.3, -0.25) is 0 Å². The predicted molar refractivity (Wildman–Crippen MR) is 57.7 cm³/mol. The molecule has 0 aliphatic carbocycles. The Morgan fingerprint density at radius 3 is 2.71 bits per heavy atom. The number of ether oxygens (including phenoxy) is 1. The van der Waals surface area contributed by atoms with Crippen LogP contribution in [0.15, 0.2) is 0 Å². The van der Waals surface area contributed by atoms with E-state index >= 15 is 0 Å². The standard InChI is InChI=1S/C7H15BrN2O3S/c1-9(2)14(11,12)10-3-4-13-6-7(10)5-8/h7H,3-6H2,1-2H3. The summed E-state index contributed by atoms with van der Waals surface area (Å²) in [5, 5.41) is 0.597. The van der Waals surface area contributed by atoms with Gasteiger partial charge in [-0.05, 0) is 0 Å². The number of alkyl halides is 1. The van der Waals surface area contributed by atoms with Crippen molar-refractivity contribution < 1.29 is 13.2 Å². The van der Waals surface area contributed by atoms with Crippen LogP contribution in [0.4, 0.5) is 0 Å². The van der Waals surface area contributed by atoms with Crippen LogP contribution >= 0.6 is 15.9 Å². The molecule has 1 saturated heterocycles. The molecule has 0 amide bonds. The highest BCUT2D eigenvalue weighted by Gasteiger charge is 2.33. The Hall–Kier alpha value is 0.310. The van der Waals surface area contributed by atoms with Crippen molar-refractivity contribution in [1.29, 1.82) is 0 Å². The fourth-order valence-electron chi connectivity index (χ4n) is 1.27. The number of hydrogen-bond donors (Lipinski definition) is 0. The van der Waals surface area contributed by atoms with Crippen LogP contribution in [0.25, 0.3) is 0 Å². The topological polar surface area (TPSA) is 49.9 Å². The molecule has 1 aliphatic heterocycles. The molecule has 0 radical (unpaired) electrons. The largest absolute Gasteiger partial charge is 0.378 e. The summed E-state index contributed by atoms with van der Waals surface area (Å²) in [5.74, 6) is 0. The number of hydrogen-bond acceptors (Lipinski definition) is 3. The Morgan fingerprint density at radius 2 is 2.21 bits per heavy atom. The van der Waals surface area contributed by atoms with Crippen LogP contribution in [0.2, 0.25) is 0 Å². The first-order valence-electron chi connectivity index (χ1n) is 4.33. The molecule has 1 aliphatic rings. The zero-order valence-electron chi connectivity index (χ0n) is 8.31. The van der Waals surface area contributed by atoms with E-state index in [1.54, 1.807) is 0 Å². The molecule has 7 heteroatoms. The molecule has 0 aromatic carbocycles. The van der Waals surface area contributed by atoms with Gasteiger partial charge in [-0.1, -0.05) is 15.9 Å². The van der Waals surface area contributed by atoms with Gasteiger partial charge in [-0.25, -0.2) is 0 Å².